The van der Waals surface area contributed by atoms with E-state index in [9.17, 15) is 9.18 Å². The van der Waals surface area contributed by atoms with E-state index in [2.05, 4.69) is 0 Å². The van der Waals surface area contributed by atoms with Crippen molar-refractivity contribution in [3.05, 3.63) is 30.1 Å². The Hall–Kier alpha value is -1.23. The van der Waals surface area contributed by atoms with Gasteiger partial charge in [0.2, 0.25) is 0 Å². The highest BCUT2D eigenvalue weighted by molar-refractivity contribution is 7.99. The Morgan fingerprint density at radius 3 is 2.72 bits per heavy atom. The molecule has 0 aromatic heterocycles. The van der Waals surface area contributed by atoms with Crippen molar-refractivity contribution in [2.24, 2.45) is 5.92 Å². The number of hydrogen-bond acceptors (Lipinski definition) is 3. The molecule has 1 unspecified atom stereocenters. The standard InChI is InChI=1S/C13H17FO3S/c1-10(13(15)16)9-18-8-2-7-17-12-5-3-11(14)4-6-12/h3-6,10H,2,7-9H2,1H3,(H,15,16). The summed E-state index contributed by atoms with van der Waals surface area (Å²) in [6.45, 7) is 2.25. The van der Waals surface area contributed by atoms with E-state index < -0.39 is 5.97 Å². The van der Waals surface area contributed by atoms with E-state index in [-0.39, 0.29) is 11.7 Å². The van der Waals surface area contributed by atoms with Crippen LogP contribution in [0.3, 0.4) is 0 Å². The molecule has 0 spiro atoms. The summed E-state index contributed by atoms with van der Waals surface area (Å²) in [4.78, 5) is 10.6. The van der Waals surface area contributed by atoms with Crippen molar-refractivity contribution in [1.82, 2.24) is 0 Å². The normalized spacial score (nSPS) is 12.1. The molecular weight excluding hydrogens is 255 g/mol. The minimum atomic E-state index is -0.759. The summed E-state index contributed by atoms with van der Waals surface area (Å²) in [7, 11) is 0. The van der Waals surface area contributed by atoms with Crippen molar-refractivity contribution in [2.75, 3.05) is 18.1 Å². The number of thioether (sulfide) groups is 1. The Balaban J connectivity index is 2.05. The van der Waals surface area contributed by atoms with Gasteiger partial charge >= 0.3 is 5.97 Å². The molecule has 5 heteroatoms. The monoisotopic (exact) mass is 272 g/mol. The Kier molecular flexibility index (Phi) is 6.57. The first-order valence-corrected chi connectivity index (χ1v) is 6.94. The van der Waals surface area contributed by atoms with Crippen molar-refractivity contribution in [3.63, 3.8) is 0 Å². The molecule has 0 aliphatic heterocycles. The molecule has 1 N–H and O–H groups in total. The molecule has 3 nitrogen and oxygen atoms in total. The zero-order chi connectivity index (χ0) is 13.4. The van der Waals surface area contributed by atoms with Crippen LogP contribution in [0.25, 0.3) is 0 Å². The topological polar surface area (TPSA) is 46.5 Å². The predicted octanol–water partition coefficient (Wildman–Crippen LogP) is 3.05. The Labute approximate surface area is 110 Å². The average molecular weight is 272 g/mol. The lowest BCUT2D eigenvalue weighted by molar-refractivity contribution is -0.140. The number of rotatable bonds is 8. The third-order valence-corrected chi connectivity index (χ3v) is 3.62. The minimum Gasteiger partial charge on any atom is -0.494 e. The second kappa shape index (κ2) is 7.97. The predicted molar refractivity (Wildman–Crippen MR) is 70.6 cm³/mol. The Morgan fingerprint density at radius 2 is 2.11 bits per heavy atom. The van der Waals surface area contributed by atoms with Crippen molar-refractivity contribution in [3.8, 4) is 5.75 Å². The second-order valence-corrected chi connectivity index (χ2v) is 5.12. The smallest absolute Gasteiger partial charge is 0.307 e. The number of aliphatic carboxylic acids is 1. The first-order valence-electron chi connectivity index (χ1n) is 5.78. The highest BCUT2D eigenvalue weighted by atomic mass is 32.2. The Bertz CT molecular complexity index is 367. The van der Waals surface area contributed by atoms with Gasteiger partial charge < -0.3 is 9.84 Å². The summed E-state index contributed by atoms with van der Waals surface area (Å²) in [5.74, 6) is 0.781. The van der Waals surface area contributed by atoms with Crippen LogP contribution in [-0.4, -0.2) is 29.2 Å². The number of carboxylic acids is 1. The zero-order valence-electron chi connectivity index (χ0n) is 10.3. The number of hydrogen-bond donors (Lipinski definition) is 1. The van der Waals surface area contributed by atoms with E-state index in [0.29, 0.717) is 18.1 Å². The SMILES string of the molecule is CC(CSCCCOc1ccc(F)cc1)C(=O)O. The largest absolute Gasteiger partial charge is 0.494 e. The van der Waals surface area contributed by atoms with Crippen LogP contribution in [0.2, 0.25) is 0 Å². The van der Waals surface area contributed by atoms with Crippen LogP contribution in [-0.2, 0) is 4.79 Å². The van der Waals surface area contributed by atoms with Crippen LogP contribution in [0.15, 0.2) is 24.3 Å². The van der Waals surface area contributed by atoms with Crippen LogP contribution in [0.4, 0.5) is 4.39 Å². The van der Waals surface area contributed by atoms with Gasteiger partial charge in [0.1, 0.15) is 11.6 Å². The molecule has 0 aliphatic rings. The van der Waals surface area contributed by atoms with E-state index in [0.717, 1.165) is 12.2 Å². The maximum Gasteiger partial charge on any atom is 0.307 e. The highest BCUT2D eigenvalue weighted by Crippen LogP contribution is 2.13. The van der Waals surface area contributed by atoms with Crippen molar-refractivity contribution < 1.29 is 19.0 Å². The molecule has 1 aromatic rings. The van der Waals surface area contributed by atoms with E-state index in [1.165, 1.54) is 12.1 Å². The van der Waals surface area contributed by atoms with Crippen molar-refractivity contribution >= 4 is 17.7 Å². The lowest BCUT2D eigenvalue weighted by Crippen LogP contribution is -2.12. The molecular formula is C13H17FO3S. The van der Waals surface area contributed by atoms with Crippen LogP contribution < -0.4 is 4.74 Å². The van der Waals surface area contributed by atoms with Gasteiger partial charge in [0.15, 0.2) is 0 Å². The fraction of sp³-hybridized carbons (Fsp3) is 0.462. The molecule has 0 saturated heterocycles. The molecule has 18 heavy (non-hydrogen) atoms. The summed E-state index contributed by atoms with van der Waals surface area (Å²) in [6.07, 6.45) is 0.842. The average Bonchev–Trinajstić information content (AvgIpc) is 2.35. The molecule has 0 fully saturated rings. The summed E-state index contributed by atoms with van der Waals surface area (Å²) < 4.78 is 18.0. The maximum absolute atomic E-state index is 12.6. The lowest BCUT2D eigenvalue weighted by atomic mass is 10.2. The molecule has 0 radical (unpaired) electrons. The van der Waals surface area contributed by atoms with Gasteiger partial charge in [-0.25, -0.2) is 4.39 Å². The van der Waals surface area contributed by atoms with Gasteiger partial charge in [-0.15, -0.1) is 0 Å². The number of carbonyl (C=O) groups is 1. The third kappa shape index (κ3) is 5.91. The second-order valence-electron chi connectivity index (χ2n) is 3.97. The van der Waals surface area contributed by atoms with Gasteiger partial charge in [-0.05, 0) is 36.4 Å². The molecule has 1 aromatic carbocycles. The fourth-order valence-corrected chi connectivity index (χ4v) is 2.20. The third-order valence-electron chi connectivity index (χ3n) is 2.30. The van der Waals surface area contributed by atoms with Gasteiger partial charge in [0.05, 0.1) is 12.5 Å². The van der Waals surface area contributed by atoms with Gasteiger partial charge in [0, 0.05) is 5.75 Å². The minimum absolute atomic E-state index is 0.277. The number of halogens is 1. The van der Waals surface area contributed by atoms with Crippen LogP contribution in [0.1, 0.15) is 13.3 Å². The van der Waals surface area contributed by atoms with Crippen molar-refractivity contribution in [2.45, 2.75) is 13.3 Å². The molecule has 1 rings (SSSR count). The zero-order valence-corrected chi connectivity index (χ0v) is 11.1. The number of ether oxygens (including phenoxy) is 1. The van der Waals surface area contributed by atoms with Crippen LogP contribution in [0, 0.1) is 11.7 Å². The van der Waals surface area contributed by atoms with Crippen molar-refractivity contribution in [1.29, 1.82) is 0 Å². The van der Waals surface area contributed by atoms with Gasteiger partial charge in [-0.2, -0.15) is 11.8 Å². The highest BCUT2D eigenvalue weighted by Gasteiger charge is 2.09. The Morgan fingerprint density at radius 1 is 1.44 bits per heavy atom. The van der Waals surface area contributed by atoms with Crippen LogP contribution >= 0.6 is 11.8 Å². The van der Waals surface area contributed by atoms with Gasteiger partial charge in [0.25, 0.3) is 0 Å². The fourth-order valence-electron chi connectivity index (χ4n) is 1.21. The maximum atomic E-state index is 12.6. The number of carboxylic acid groups (broad SMARTS) is 1. The molecule has 0 aliphatic carbocycles. The van der Waals surface area contributed by atoms with E-state index in [1.807, 2.05) is 0 Å². The molecule has 0 amide bonds. The summed E-state index contributed by atoms with van der Waals surface area (Å²) in [5.41, 5.74) is 0. The van der Waals surface area contributed by atoms with E-state index in [1.54, 1.807) is 30.8 Å². The molecule has 0 heterocycles. The first kappa shape index (κ1) is 14.8. The quantitative estimate of drug-likeness (QED) is 0.739. The number of benzene rings is 1. The van der Waals surface area contributed by atoms with Crippen LogP contribution in [0.5, 0.6) is 5.75 Å². The molecule has 100 valence electrons. The van der Waals surface area contributed by atoms with Gasteiger partial charge in [-0.3, -0.25) is 4.79 Å². The molecule has 0 bridgehead atoms. The van der Waals surface area contributed by atoms with Gasteiger partial charge in [-0.1, -0.05) is 6.92 Å². The lowest BCUT2D eigenvalue weighted by Gasteiger charge is -2.07. The molecule has 0 saturated carbocycles. The van der Waals surface area contributed by atoms with E-state index >= 15 is 0 Å². The van der Waals surface area contributed by atoms with E-state index in [4.69, 9.17) is 9.84 Å². The molecule has 1 atom stereocenters. The summed E-state index contributed by atoms with van der Waals surface area (Å²) in [6, 6.07) is 5.90. The summed E-state index contributed by atoms with van der Waals surface area (Å²) >= 11 is 1.61. The first-order chi connectivity index (χ1) is 8.59. The summed E-state index contributed by atoms with van der Waals surface area (Å²) in [5, 5.41) is 8.69.